The van der Waals surface area contributed by atoms with Crippen LogP contribution in [0.3, 0.4) is 0 Å². The molecule has 6 heteroatoms. The summed E-state index contributed by atoms with van der Waals surface area (Å²) in [6, 6.07) is 0.486. The quantitative estimate of drug-likeness (QED) is 0.859. The predicted octanol–water partition coefficient (Wildman–Crippen LogP) is 2.81. The molecular weight excluding hydrogens is 286 g/mol. The molecule has 1 aromatic rings. The first-order valence-electron chi connectivity index (χ1n) is 8.09. The topological polar surface area (TPSA) is 55.2 Å². The first-order chi connectivity index (χ1) is 10.0. The zero-order chi connectivity index (χ0) is 15.0. The van der Waals surface area contributed by atoms with Crippen molar-refractivity contribution in [1.29, 1.82) is 0 Å². The lowest BCUT2D eigenvalue weighted by molar-refractivity contribution is 0.260. The normalized spacial score (nSPS) is 28.5. The minimum absolute atomic E-state index is 0.206. The van der Waals surface area contributed by atoms with E-state index in [1.54, 1.807) is 16.8 Å². The molecule has 2 fully saturated rings. The molecule has 1 aliphatic heterocycles. The monoisotopic (exact) mass is 311 g/mol. The van der Waals surface area contributed by atoms with Crippen molar-refractivity contribution < 1.29 is 8.42 Å². The first kappa shape index (κ1) is 15.0. The third-order valence-corrected chi connectivity index (χ3v) is 7.02. The molecule has 5 nitrogen and oxygen atoms in total. The Morgan fingerprint density at radius 2 is 2.10 bits per heavy atom. The SMILES string of the molecule is CC[C@H](C)n1cnc(S(=O)(=O)N2CC[C@H]3CCCC[C@H]32)c1. The highest BCUT2D eigenvalue weighted by Gasteiger charge is 2.43. The van der Waals surface area contributed by atoms with Crippen LogP contribution in [0.4, 0.5) is 0 Å². The summed E-state index contributed by atoms with van der Waals surface area (Å²) in [6.07, 6.45) is 9.90. The van der Waals surface area contributed by atoms with Crippen LogP contribution >= 0.6 is 0 Å². The molecule has 1 saturated carbocycles. The van der Waals surface area contributed by atoms with E-state index in [2.05, 4.69) is 18.8 Å². The van der Waals surface area contributed by atoms with Gasteiger partial charge in [-0.3, -0.25) is 0 Å². The largest absolute Gasteiger partial charge is 0.333 e. The highest BCUT2D eigenvalue weighted by Crippen LogP contribution is 2.38. The van der Waals surface area contributed by atoms with E-state index in [1.165, 1.54) is 12.8 Å². The van der Waals surface area contributed by atoms with Crippen LogP contribution in [0.1, 0.15) is 58.4 Å². The van der Waals surface area contributed by atoms with Gasteiger partial charge < -0.3 is 4.57 Å². The van der Waals surface area contributed by atoms with Crippen LogP contribution < -0.4 is 0 Å². The smallest absolute Gasteiger partial charge is 0.262 e. The summed E-state index contributed by atoms with van der Waals surface area (Å²) in [5, 5.41) is 0.217. The summed E-state index contributed by atoms with van der Waals surface area (Å²) in [7, 11) is -3.43. The van der Waals surface area contributed by atoms with E-state index in [0.29, 0.717) is 12.5 Å². The molecule has 0 unspecified atom stereocenters. The van der Waals surface area contributed by atoms with Crippen molar-refractivity contribution >= 4 is 10.0 Å². The van der Waals surface area contributed by atoms with Crippen molar-refractivity contribution in [3.8, 4) is 0 Å². The standard InChI is InChI=1S/C15H25N3O2S/c1-3-12(2)17-10-15(16-11-17)21(19,20)18-9-8-13-6-4-5-7-14(13)18/h10-14H,3-9H2,1-2H3/t12-,13+,14+/m0/s1. The van der Waals surface area contributed by atoms with Crippen molar-refractivity contribution in [3.63, 3.8) is 0 Å². The second-order valence-corrected chi connectivity index (χ2v) is 8.27. The van der Waals surface area contributed by atoms with Crippen LogP contribution in [0.25, 0.3) is 0 Å². The Morgan fingerprint density at radius 3 is 2.86 bits per heavy atom. The number of rotatable bonds is 4. The minimum Gasteiger partial charge on any atom is -0.333 e. The number of imidazole rings is 1. The van der Waals surface area contributed by atoms with Crippen LogP contribution in [0.2, 0.25) is 0 Å². The van der Waals surface area contributed by atoms with E-state index in [-0.39, 0.29) is 17.1 Å². The van der Waals surface area contributed by atoms with Crippen LogP contribution in [-0.2, 0) is 10.0 Å². The minimum atomic E-state index is -3.43. The summed E-state index contributed by atoms with van der Waals surface area (Å²) in [5.74, 6) is 0.560. The van der Waals surface area contributed by atoms with Gasteiger partial charge in [-0.15, -0.1) is 0 Å². The number of nitrogens with zero attached hydrogens (tertiary/aromatic N) is 3. The van der Waals surface area contributed by atoms with E-state index in [0.717, 1.165) is 25.7 Å². The summed E-state index contributed by atoms with van der Waals surface area (Å²) < 4.78 is 29.4. The van der Waals surface area contributed by atoms with Crippen molar-refractivity contribution in [1.82, 2.24) is 13.9 Å². The zero-order valence-corrected chi connectivity index (χ0v) is 13.7. The molecule has 3 atom stereocenters. The summed E-state index contributed by atoms with van der Waals surface area (Å²) in [5.41, 5.74) is 0. The third kappa shape index (κ3) is 2.63. The van der Waals surface area contributed by atoms with Gasteiger partial charge in [0.15, 0.2) is 5.03 Å². The molecule has 1 aliphatic carbocycles. The molecule has 1 aromatic heterocycles. The summed E-state index contributed by atoms with van der Waals surface area (Å²) >= 11 is 0. The number of hydrogen-bond acceptors (Lipinski definition) is 3. The van der Waals surface area contributed by atoms with Gasteiger partial charge >= 0.3 is 0 Å². The Hall–Kier alpha value is -0.880. The fourth-order valence-electron chi connectivity index (χ4n) is 3.68. The van der Waals surface area contributed by atoms with Crippen molar-refractivity contribution in [3.05, 3.63) is 12.5 Å². The Morgan fingerprint density at radius 1 is 1.33 bits per heavy atom. The van der Waals surface area contributed by atoms with Crippen LogP contribution in [0.15, 0.2) is 17.6 Å². The molecule has 0 aromatic carbocycles. The van der Waals surface area contributed by atoms with Gasteiger partial charge in [-0.05, 0) is 38.5 Å². The Labute approximate surface area is 127 Å². The van der Waals surface area contributed by atoms with Crippen molar-refractivity contribution in [2.45, 2.75) is 69.5 Å². The van der Waals surface area contributed by atoms with E-state index < -0.39 is 10.0 Å². The molecule has 3 rings (SSSR count). The number of fused-ring (bicyclic) bond motifs is 1. The van der Waals surface area contributed by atoms with Gasteiger partial charge in [0.25, 0.3) is 10.0 Å². The highest BCUT2D eigenvalue weighted by atomic mass is 32.2. The zero-order valence-electron chi connectivity index (χ0n) is 12.9. The molecule has 1 saturated heterocycles. The Kier molecular flexibility index (Phi) is 4.10. The van der Waals surface area contributed by atoms with E-state index >= 15 is 0 Å². The first-order valence-corrected chi connectivity index (χ1v) is 9.53. The summed E-state index contributed by atoms with van der Waals surface area (Å²) in [6.45, 7) is 4.82. The molecule has 2 heterocycles. The fraction of sp³-hybridized carbons (Fsp3) is 0.800. The van der Waals surface area contributed by atoms with E-state index in [4.69, 9.17) is 0 Å². The second-order valence-electron chi connectivity index (χ2n) is 6.43. The average molecular weight is 311 g/mol. The Balaban J connectivity index is 1.85. The molecular formula is C15H25N3O2S. The van der Waals surface area contributed by atoms with Gasteiger partial charge in [-0.2, -0.15) is 4.31 Å². The highest BCUT2D eigenvalue weighted by molar-refractivity contribution is 7.89. The van der Waals surface area contributed by atoms with Crippen LogP contribution in [0, 0.1) is 5.92 Å². The second kappa shape index (κ2) is 5.72. The maximum absolute atomic E-state index is 12.9. The van der Waals surface area contributed by atoms with Crippen LogP contribution in [-0.4, -0.2) is 34.9 Å². The molecule has 0 amide bonds. The van der Waals surface area contributed by atoms with Gasteiger partial charge in [0, 0.05) is 24.8 Å². The van der Waals surface area contributed by atoms with E-state index in [1.807, 2.05) is 4.57 Å². The number of sulfonamides is 1. The molecule has 0 bridgehead atoms. The fourth-order valence-corrected chi connectivity index (χ4v) is 5.34. The van der Waals surface area contributed by atoms with Crippen molar-refractivity contribution in [2.24, 2.45) is 5.92 Å². The lowest BCUT2D eigenvalue weighted by atomic mass is 9.86. The Bertz CT molecular complexity index is 596. The summed E-state index contributed by atoms with van der Waals surface area (Å²) in [4.78, 5) is 4.17. The molecule has 0 spiro atoms. The van der Waals surface area contributed by atoms with Gasteiger partial charge in [-0.25, -0.2) is 13.4 Å². The lowest BCUT2D eigenvalue weighted by Crippen LogP contribution is -2.39. The molecule has 21 heavy (non-hydrogen) atoms. The average Bonchev–Trinajstić information content (AvgIpc) is 3.13. The van der Waals surface area contributed by atoms with Crippen molar-refractivity contribution in [2.75, 3.05) is 6.54 Å². The van der Waals surface area contributed by atoms with Gasteiger partial charge in [0.2, 0.25) is 0 Å². The maximum atomic E-state index is 12.9. The number of hydrogen-bond donors (Lipinski definition) is 0. The molecule has 0 radical (unpaired) electrons. The van der Waals surface area contributed by atoms with Gasteiger partial charge in [0.05, 0.1) is 6.33 Å². The number of aromatic nitrogens is 2. The van der Waals surface area contributed by atoms with Crippen LogP contribution in [0.5, 0.6) is 0 Å². The lowest BCUT2D eigenvalue weighted by Gasteiger charge is -2.30. The molecule has 2 aliphatic rings. The maximum Gasteiger partial charge on any atom is 0.262 e. The third-order valence-electron chi connectivity index (χ3n) is 5.21. The molecule has 118 valence electrons. The molecule has 0 N–H and O–H groups in total. The predicted molar refractivity (Wildman–Crippen MR) is 81.5 cm³/mol. The van der Waals surface area contributed by atoms with Gasteiger partial charge in [0.1, 0.15) is 0 Å². The van der Waals surface area contributed by atoms with Gasteiger partial charge in [-0.1, -0.05) is 19.8 Å². The van der Waals surface area contributed by atoms with E-state index in [9.17, 15) is 8.42 Å².